The number of halogens is 1. The first-order chi connectivity index (χ1) is 15.5. The monoisotopic (exact) mass is 516 g/mol. The number of rotatable bonds is 3. The zero-order chi connectivity index (χ0) is 24.2. The quantitative estimate of drug-likeness (QED) is 0.546. The largest absolute Gasteiger partial charge is 0.444 e. The van der Waals surface area contributed by atoms with Crippen molar-refractivity contribution in [3.05, 3.63) is 52.1 Å². The summed E-state index contributed by atoms with van der Waals surface area (Å²) in [5.74, 6) is -0.974. The zero-order valence-electron chi connectivity index (χ0n) is 19.3. The minimum absolute atomic E-state index is 0.144. The van der Waals surface area contributed by atoms with Crippen molar-refractivity contribution in [3.63, 3.8) is 0 Å². The molecule has 33 heavy (non-hydrogen) atoms. The lowest BCUT2D eigenvalue weighted by Crippen LogP contribution is -2.44. The van der Waals surface area contributed by atoms with E-state index in [9.17, 15) is 14.4 Å². The van der Waals surface area contributed by atoms with Gasteiger partial charge in [0.05, 0.1) is 17.9 Å². The number of anilines is 2. The number of aromatic nitrogens is 1. The first-order valence-electron chi connectivity index (χ1n) is 10.9. The van der Waals surface area contributed by atoms with Gasteiger partial charge in [0.2, 0.25) is 0 Å². The van der Waals surface area contributed by atoms with E-state index in [0.717, 1.165) is 29.3 Å². The third-order valence-corrected chi connectivity index (χ3v) is 5.64. The second-order valence-corrected chi connectivity index (χ2v) is 9.95. The number of piperidine rings is 1. The summed E-state index contributed by atoms with van der Waals surface area (Å²) >= 11 is 3.48. The molecule has 0 spiro atoms. The Balaban J connectivity index is 1.68. The van der Waals surface area contributed by atoms with Crippen LogP contribution in [0.5, 0.6) is 0 Å². The maximum atomic E-state index is 13.0. The summed E-state index contributed by atoms with van der Waals surface area (Å²) < 4.78 is 6.17. The molecule has 2 heterocycles. The summed E-state index contributed by atoms with van der Waals surface area (Å²) in [7, 11) is 0. The number of aryl methyl sites for hydroxylation is 1. The summed E-state index contributed by atoms with van der Waals surface area (Å²) in [5.41, 5.74) is 1.36. The fourth-order valence-corrected chi connectivity index (χ4v) is 4.14. The topological polar surface area (TPSA) is 101 Å². The number of nitrogens with zero attached hydrogens (tertiary/aromatic N) is 2. The van der Waals surface area contributed by atoms with Gasteiger partial charge in [-0.25, -0.2) is 9.78 Å². The average molecular weight is 517 g/mol. The third kappa shape index (κ3) is 6.77. The highest BCUT2D eigenvalue weighted by Crippen LogP contribution is 2.32. The van der Waals surface area contributed by atoms with E-state index < -0.39 is 23.5 Å². The molecule has 0 unspecified atom stereocenters. The summed E-state index contributed by atoms with van der Waals surface area (Å²) in [5, 5.41) is 5.22. The Morgan fingerprint density at radius 2 is 1.91 bits per heavy atom. The highest BCUT2D eigenvalue weighted by Gasteiger charge is 2.32. The SMILES string of the molecule is Cc1cc(NC(=O)C(=O)N2CCCC[C@H]2c2cccc(Br)c2)cnc1NC(=O)OC(C)(C)C. The van der Waals surface area contributed by atoms with E-state index in [0.29, 0.717) is 23.6 Å². The van der Waals surface area contributed by atoms with Gasteiger partial charge in [0.1, 0.15) is 11.4 Å². The molecule has 0 aliphatic carbocycles. The molecule has 176 valence electrons. The van der Waals surface area contributed by atoms with Crippen molar-refractivity contribution in [2.45, 2.75) is 58.6 Å². The van der Waals surface area contributed by atoms with Gasteiger partial charge in [0.25, 0.3) is 0 Å². The van der Waals surface area contributed by atoms with Crippen molar-refractivity contribution in [1.82, 2.24) is 9.88 Å². The number of benzene rings is 1. The van der Waals surface area contributed by atoms with Crippen LogP contribution in [-0.4, -0.2) is 39.9 Å². The number of nitrogens with one attached hydrogen (secondary N) is 2. The lowest BCUT2D eigenvalue weighted by atomic mass is 9.95. The number of likely N-dealkylation sites (tertiary alicyclic amines) is 1. The standard InChI is InChI=1S/C24H29BrN4O4/c1-15-12-18(14-26-20(15)28-23(32)33-24(2,3)4)27-21(30)22(31)29-11-6-5-10-19(29)16-8-7-9-17(25)13-16/h7-9,12-14,19H,5-6,10-11H2,1-4H3,(H,27,30)(H,26,28,32)/t19-/m0/s1. The van der Waals surface area contributed by atoms with Crippen LogP contribution in [-0.2, 0) is 14.3 Å². The molecule has 1 aliphatic heterocycles. The predicted octanol–water partition coefficient (Wildman–Crippen LogP) is 5.19. The van der Waals surface area contributed by atoms with Gasteiger partial charge >= 0.3 is 17.9 Å². The van der Waals surface area contributed by atoms with E-state index in [-0.39, 0.29) is 6.04 Å². The third-order valence-electron chi connectivity index (χ3n) is 5.15. The minimum atomic E-state index is -0.717. The summed E-state index contributed by atoms with van der Waals surface area (Å²) in [6.45, 7) is 7.58. The van der Waals surface area contributed by atoms with Crippen molar-refractivity contribution in [3.8, 4) is 0 Å². The van der Waals surface area contributed by atoms with Gasteiger partial charge in [-0.1, -0.05) is 28.1 Å². The number of amides is 3. The van der Waals surface area contributed by atoms with Crippen LogP contribution in [0.2, 0.25) is 0 Å². The van der Waals surface area contributed by atoms with E-state index in [4.69, 9.17) is 4.74 Å². The number of pyridine rings is 1. The van der Waals surface area contributed by atoms with E-state index in [2.05, 4.69) is 31.5 Å². The molecule has 1 atom stereocenters. The van der Waals surface area contributed by atoms with Gasteiger partial charge in [-0.15, -0.1) is 0 Å². The number of hydrogen-bond acceptors (Lipinski definition) is 5. The molecule has 0 saturated carbocycles. The minimum Gasteiger partial charge on any atom is -0.444 e. The highest BCUT2D eigenvalue weighted by atomic mass is 79.9. The Hall–Kier alpha value is -2.94. The first-order valence-corrected chi connectivity index (χ1v) is 11.7. The van der Waals surface area contributed by atoms with Gasteiger partial charge in [-0.2, -0.15) is 0 Å². The van der Waals surface area contributed by atoms with Crippen LogP contribution in [0.1, 0.15) is 57.2 Å². The predicted molar refractivity (Wildman–Crippen MR) is 130 cm³/mol. The van der Waals surface area contributed by atoms with E-state index in [1.54, 1.807) is 38.7 Å². The molecule has 2 aromatic rings. The first kappa shape index (κ1) is 24.7. The highest BCUT2D eigenvalue weighted by molar-refractivity contribution is 9.10. The number of hydrogen-bond donors (Lipinski definition) is 2. The molecule has 2 N–H and O–H groups in total. The average Bonchev–Trinajstić information content (AvgIpc) is 2.74. The molecular formula is C24H29BrN4O4. The molecule has 8 nitrogen and oxygen atoms in total. The lowest BCUT2D eigenvalue weighted by molar-refractivity contribution is -0.145. The van der Waals surface area contributed by atoms with Gasteiger partial charge in [-0.05, 0) is 76.3 Å². The smallest absolute Gasteiger partial charge is 0.413 e. The Kier molecular flexibility index (Phi) is 7.73. The second kappa shape index (κ2) is 10.3. The fourth-order valence-electron chi connectivity index (χ4n) is 3.72. The molecular weight excluding hydrogens is 488 g/mol. The molecule has 0 bridgehead atoms. The van der Waals surface area contributed by atoms with Crippen molar-refractivity contribution in [1.29, 1.82) is 0 Å². The summed E-state index contributed by atoms with van der Waals surface area (Å²) in [6, 6.07) is 9.32. The van der Waals surface area contributed by atoms with Crippen molar-refractivity contribution < 1.29 is 19.1 Å². The maximum absolute atomic E-state index is 13.0. The van der Waals surface area contributed by atoms with Crippen LogP contribution < -0.4 is 10.6 Å². The van der Waals surface area contributed by atoms with Crippen LogP contribution in [0.3, 0.4) is 0 Å². The molecule has 1 aliphatic rings. The van der Waals surface area contributed by atoms with Crippen LogP contribution in [0.4, 0.5) is 16.3 Å². The fraction of sp³-hybridized carbons (Fsp3) is 0.417. The Labute approximate surface area is 202 Å². The van der Waals surface area contributed by atoms with Gasteiger partial charge < -0.3 is 15.0 Å². The van der Waals surface area contributed by atoms with Crippen LogP contribution in [0.15, 0.2) is 41.0 Å². The normalized spacial score (nSPS) is 16.2. The zero-order valence-corrected chi connectivity index (χ0v) is 20.9. The Bertz CT molecular complexity index is 1050. The molecule has 9 heteroatoms. The summed E-state index contributed by atoms with van der Waals surface area (Å²) in [4.78, 5) is 43.6. The second-order valence-electron chi connectivity index (χ2n) is 9.04. The molecule has 1 saturated heterocycles. The summed E-state index contributed by atoms with van der Waals surface area (Å²) in [6.07, 6.45) is 3.44. The molecule has 3 amide bonds. The van der Waals surface area contributed by atoms with Crippen LogP contribution in [0.25, 0.3) is 0 Å². The van der Waals surface area contributed by atoms with E-state index in [1.165, 1.54) is 6.20 Å². The number of carbonyl (C=O) groups excluding carboxylic acids is 3. The molecule has 0 radical (unpaired) electrons. The van der Waals surface area contributed by atoms with Crippen molar-refractivity contribution in [2.24, 2.45) is 0 Å². The Morgan fingerprint density at radius 1 is 1.15 bits per heavy atom. The van der Waals surface area contributed by atoms with E-state index >= 15 is 0 Å². The Morgan fingerprint density at radius 3 is 2.58 bits per heavy atom. The van der Waals surface area contributed by atoms with Gasteiger partial charge in [0.15, 0.2) is 0 Å². The molecule has 1 aromatic heterocycles. The van der Waals surface area contributed by atoms with Gasteiger partial charge in [-0.3, -0.25) is 14.9 Å². The van der Waals surface area contributed by atoms with E-state index in [1.807, 2.05) is 24.3 Å². The molecule has 1 fully saturated rings. The number of carbonyl (C=O) groups is 3. The van der Waals surface area contributed by atoms with Crippen molar-refractivity contribution in [2.75, 3.05) is 17.2 Å². The lowest BCUT2D eigenvalue weighted by Gasteiger charge is -2.35. The maximum Gasteiger partial charge on any atom is 0.413 e. The molecule has 1 aromatic carbocycles. The van der Waals surface area contributed by atoms with Crippen LogP contribution in [0, 0.1) is 6.92 Å². The van der Waals surface area contributed by atoms with Crippen LogP contribution >= 0.6 is 15.9 Å². The van der Waals surface area contributed by atoms with Crippen molar-refractivity contribution >= 4 is 45.3 Å². The molecule has 3 rings (SSSR count). The van der Waals surface area contributed by atoms with Gasteiger partial charge in [0, 0.05) is 11.0 Å². The number of ether oxygens (including phenoxy) is 1.